The highest BCUT2D eigenvalue weighted by molar-refractivity contribution is 5.67. The number of unbranched alkanes of at least 4 members (excludes halogenated alkanes) is 2. The Hall–Kier alpha value is -0.610. The molecule has 0 saturated carbocycles. The van der Waals surface area contributed by atoms with Crippen LogP contribution in [0.2, 0.25) is 0 Å². The Morgan fingerprint density at radius 2 is 1.88 bits per heavy atom. The summed E-state index contributed by atoms with van der Waals surface area (Å²) in [5, 5.41) is 8.35. The van der Waals surface area contributed by atoms with E-state index in [1.54, 1.807) is 0 Å². The van der Waals surface area contributed by atoms with Crippen molar-refractivity contribution in [2.24, 2.45) is 0 Å². The summed E-state index contributed by atoms with van der Waals surface area (Å²) in [6, 6.07) is 0. The maximum absolute atomic E-state index is 10.2. The lowest BCUT2D eigenvalue weighted by atomic mass is 10.1. The highest BCUT2D eigenvalue weighted by atomic mass is 16.5. The molecular formula is C12H25NO3. The molecule has 0 fully saturated rings. The molecule has 0 unspecified atom stereocenters. The molecule has 0 amide bonds. The molecule has 0 aromatic carbocycles. The number of aliphatic carboxylic acids is 1. The van der Waals surface area contributed by atoms with E-state index in [-0.39, 0.29) is 12.1 Å². The van der Waals surface area contributed by atoms with E-state index in [4.69, 9.17) is 9.84 Å². The molecular weight excluding hydrogens is 206 g/mol. The second-order valence-electron chi connectivity index (χ2n) is 5.10. The highest BCUT2D eigenvalue weighted by Crippen LogP contribution is 2.11. The molecule has 0 spiro atoms. The Morgan fingerprint density at radius 1 is 1.25 bits per heavy atom. The minimum Gasteiger partial charge on any atom is -0.480 e. The van der Waals surface area contributed by atoms with E-state index >= 15 is 0 Å². The van der Waals surface area contributed by atoms with Gasteiger partial charge in [0.25, 0.3) is 0 Å². The molecule has 0 radical (unpaired) electrons. The average molecular weight is 231 g/mol. The minimum absolute atomic E-state index is 0.179. The van der Waals surface area contributed by atoms with E-state index in [1.807, 2.05) is 0 Å². The minimum atomic E-state index is -0.896. The van der Waals surface area contributed by atoms with Gasteiger partial charge in [0.1, 0.15) is 6.61 Å². The fourth-order valence-corrected chi connectivity index (χ4v) is 1.22. The number of carboxylic acids is 1. The van der Waals surface area contributed by atoms with Gasteiger partial charge in [-0.2, -0.15) is 0 Å². The van der Waals surface area contributed by atoms with Crippen LogP contribution in [-0.2, 0) is 9.53 Å². The molecule has 16 heavy (non-hydrogen) atoms. The molecule has 0 aromatic heterocycles. The van der Waals surface area contributed by atoms with Crippen LogP contribution < -0.4 is 0 Å². The Morgan fingerprint density at radius 3 is 2.38 bits per heavy atom. The van der Waals surface area contributed by atoms with E-state index in [0.29, 0.717) is 6.61 Å². The summed E-state index contributed by atoms with van der Waals surface area (Å²) < 4.78 is 4.96. The van der Waals surface area contributed by atoms with Crippen molar-refractivity contribution in [3.8, 4) is 0 Å². The molecule has 0 aromatic rings. The Labute approximate surface area is 98.6 Å². The van der Waals surface area contributed by atoms with Crippen molar-refractivity contribution >= 4 is 5.97 Å². The highest BCUT2D eigenvalue weighted by Gasteiger charge is 2.15. The maximum Gasteiger partial charge on any atom is 0.329 e. The third kappa shape index (κ3) is 8.68. The summed E-state index contributed by atoms with van der Waals surface area (Å²) in [4.78, 5) is 12.5. The standard InChI is InChI=1S/C12H25NO3/c1-12(2,3)13(4)8-6-5-7-9-16-10-11(14)15/h5-10H2,1-4H3,(H,14,15). The first-order chi connectivity index (χ1) is 7.34. The molecule has 1 N–H and O–H groups in total. The third-order valence-electron chi connectivity index (χ3n) is 2.65. The number of ether oxygens (including phenoxy) is 1. The van der Waals surface area contributed by atoms with Gasteiger partial charge in [-0.25, -0.2) is 4.79 Å². The second-order valence-corrected chi connectivity index (χ2v) is 5.10. The largest absolute Gasteiger partial charge is 0.480 e. The second kappa shape index (κ2) is 7.63. The average Bonchev–Trinajstić information content (AvgIpc) is 2.14. The van der Waals surface area contributed by atoms with Gasteiger partial charge in [0.15, 0.2) is 0 Å². The Balaban J connectivity index is 3.31. The predicted molar refractivity (Wildman–Crippen MR) is 64.7 cm³/mol. The molecule has 96 valence electrons. The van der Waals surface area contributed by atoms with Gasteiger partial charge in [-0.3, -0.25) is 0 Å². The van der Waals surface area contributed by atoms with Gasteiger partial charge >= 0.3 is 5.97 Å². The van der Waals surface area contributed by atoms with Gasteiger partial charge in [0, 0.05) is 12.1 Å². The summed E-state index contributed by atoms with van der Waals surface area (Å²) >= 11 is 0. The van der Waals surface area contributed by atoms with Crippen molar-refractivity contribution in [2.45, 2.75) is 45.6 Å². The zero-order chi connectivity index (χ0) is 12.6. The van der Waals surface area contributed by atoms with Crippen LogP contribution in [0.3, 0.4) is 0 Å². The van der Waals surface area contributed by atoms with Gasteiger partial charge in [0.05, 0.1) is 0 Å². The van der Waals surface area contributed by atoms with Gasteiger partial charge in [-0.05, 0) is 53.6 Å². The van der Waals surface area contributed by atoms with Crippen molar-refractivity contribution < 1.29 is 14.6 Å². The summed E-state index contributed by atoms with van der Waals surface area (Å²) in [5.74, 6) is -0.896. The maximum atomic E-state index is 10.2. The first-order valence-corrected chi connectivity index (χ1v) is 5.85. The number of carboxylic acid groups (broad SMARTS) is 1. The first kappa shape index (κ1) is 15.4. The van der Waals surface area contributed by atoms with Gasteiger partial charge in [-0.15, -0.1) is 0 Å². The summed E-state index contributed by atoms with van der Waals surface area (Å²) in [6.07, 6.45) is 3.15. The molecule has 0 aliphatic carbocycles. The first-order valence-electron chi connectivity index (χ1n) is 5.85. The Kier molecular flexibility index (Phi) is 7.34. The van der Waals surface area contributed by atoms with Crippen molar-refractivity contribution in [2.75, 3.05) is 26.8 Å². The van der Waals surface area contributed by atoms with Crippen molar-refractivity contribution in [3.05, 3.63) is 0 Å². The molecule has 0 aliphatic rings. The molecule has 0 saturated heterocycles. The van der Waals surface area contributed by atoms with Crippen LogP contribution in [-0.4, -0.2) is 48.3 Å². The third-order valence-corrected chi connectivity index (χ3v) is 2.65. The van der Waals surface area contributed by atoms with Crippen LogP contribution in [0.25, 0.3) is 0 Å². The smallest absolute Gasteiger partial charge is 0.329 e. The van der Waals surface area contributed by atoms with E-state index < -0.39 is 5.97 Å². The fraction of sp³-hybridized carbons (Fsp3) is 0.917. The summed E-state index contributed by atoms with van der Waals surface area (Å²) in [5.41, 5.74) is 0.222. The van der Waals surface area contributed by atoms with Crippen LogP contribution >= 0.6 is 0 Å². The van der Waals surface area contributed by atoms with E-state index in [0.717, 1.165) is 25.8 Å². The van der Waals surface area contributed by atoms with Crippen molar-refractivity contribution in [3.63, 3.8) is 0 Å². The number of nitrogens with zero attached hydrogens (tertiary/aromatic N) is 1. The fourth-order valence-electron chi connectivity index (χ4n) is 1.22. The van der Waals surface area contributed by atoms with Crippen LogP contribution in [0.1, 0.15) is 40.0 Å². The lowest BCUT2D eigenvalue weighted by molar-refractivity contribution is -0.142. The zero-order valence-corrected chi connectivity index (χ0v) is 11.0. The number of rotatable bonds is 8. The van der Waals surface area contributed by atoms with Gasteiger partial charge < -0.3 is 14.7 Å². The van der Waals surface area contributed by atoms with Crippen molar-refractivity contribution in [1.29, 1.82) is 0 Å². The van der Waals surface area contributed by atoms with Crippen LogP contribution in [0.5, 0.6) is 0 Å². The molecule has 0 atom stereocenters. The van der Waals surface area contributed by atoms with E-state index in [9.17, 15) is 4.79 Å². The van der Waals surface area contributed by atoms with E-state index in [1.165, 1.54) is 0 Å². The Bertz CT molecular complexity index is 199. The van der Waals surface area contributed by atoms with Gasteiger partial charge in [-0.1, -0.05) is 0 Å². The normalized spacial score (nSPS) is 12.1. The van der Waals surface area contributed by atoms with E-state index in [2.05, 4.69) is 32.7 Å². The topological polar surface area (TPSA) is 49.8 Å². The van der Waals surface area contributed by atoms with Crippen LogP contribution in [0.4, 0.5) is 0 Å². The van der Waals surface area contributed by atoms with Crippen LogP contribution in [0, 0.1) is 0 Å². The molecule has 0 aliphatic heterocycles. The molecule has 0 rings (SSSR count). The number of hydrogen-bond donors (Lipinski definition) is 1. The molecule has 4 heteroatoms. The van der Waals surface area contributed by atoms with Crippen molar-refractivity contribution in [1.82, 2.24) is 4.90 Å². The SMILES string of the molecule is CN(CCCCCOCC(=O)O)C(C)(C)C. The summed E-state index contributed by atoms with van der Waals surface area (Å²) in [7, 11) is 2.13. The predicted octanol–water partition coefficient (Wildman–Crippen LogP) is 1.99. The molecule has 0 heterocycles. The van der Waals surface area contributed by atoms with Crippen LogP contribution in [0.15, 0.2) is 0 Å². The molecule has 0 bridgehead atoms. The lowest BCUT2D eigenvalue weighted by Crippen LogP contribution is -2.38. The monoisotopic (exact) mass is 231 g/mol. The zero-order valence-electron chi connectivity index (χ0n) is 11.0. The number of carbonyl (C=O) groups is 1. The van der Waals surface area contributed by atoms with Gasteiger partial charge in [0.2, 0.25) is 0 Å². The quantitative estimate of drug-likeness (QED) is 0.649. The lowest BCUT2D eigenvalue weighted by Gasteiger charge is -2.31. The summed E-state index contributed by atoms with van der Waals surface area (Å²) in [6.45, 7) is 8.03. The number of hydrogen-bond acceptors (Lipinski definition) is 3. The molecule has 4 nitrogen and oxygen atoms in total.